The van der Waals surface area contributed by atoms with Gasteiger partial charge < -0.3 is 5.11 Å². The molecule has 0 heterocycles. The molecule has 7 heavy (non-hydrogen) atoms. The molecule has 0 aliphatic rings. The normalized spacial score (nSPS) is 16.7. The van der Waals surface area contributed by atoms with E-state index in [-0.39, 0.29) is 0 Å². The molecule has 0 aliphatic heterocycles. The average Bonchev–Trinajstić information content (AvgIpc) is 1.31. The first kappa shape index (κ1) is 6.82. The summed E-state index contributed by atoms with van der Waals surface area (Å²) in [6, 6.07) is 0. The molecule has 0 aromatic heterocycles. The molecule has 0 aromatic rings. The molecule has 0 spiro atoms. The number of halogens is 2. The van der Waals surface area contributed by atoms with Crippen molar-refractivity contribution in [3.8, 4) is 0 Å². The molecule has 0 radical (unpaired) electrons. The quantitative estimate of drug-likeness (QED) is 0.534. The topological polar surface area (TPSA) is 20.2 Å². The van der Waals surface area contributed by atoms with Gasteiger partial charge in [-0.05, 0) is 13.8 Å². The molecular formula is C4H8F2O. The monoisotopic (exact) mass is 110 g/mol. The molecule has 0 fully saturated rings. The fourth-order valence-electron chi connectivity index (χ4n) is 0. The van der Waals surface area contributed by atoms with Crippen molar-refractivity contribution in [1.82, 2.24) is 0 Å². The molecule has 0 amide bonds. The summed E-state index contributed by atoms with van der Waals surface area (Å²) in [6.45, 7) is 1.94. The summed E-state index contributed by atoms with van der Waals surface area (Å²) in [7, 11) is 0. The van der Waals surface area contributed by atoms with Gasteiger partial charge in [0.15, 0.2) is 5.67 Å². The largest absolute Gasteiger partial charge is 0.362 e. The van der Waals surface area contributed by atoms with Gasteiger partial charge in [-0.3, -0.25) is 0 Å². The van der Waals surface area contributed by atoms with Crippen LogP contribution in [0.1, 0.15) is 13.8 Å². The van der Waals surface area contributed by atoms with E-state index in [0.29, 0.717) is 0 Å². The Hall–Kier alpha value is -0.180. The molecule has 0 rings (SSSR count). The van der Waals surface area contributed by atoms with Crippen LogP contribution in [0.15, 0.2) is 0 Å². The average molecular weight is 110 g/mol. The van der Waals surface area contributed by atoms with Gasteiger partial charge in [0.05, 0.1) is 0 Å². The van der Waals surface area contributed by atoms with Crippen molar-refractivity contribution < 1.29 is 13.9 Å². The lowest BCUT2D eigenvalue weighted by Gasteiger charge is -2.12. The Balaban J connectivity index is 3.54. The SMILES string of the molecule is CC(C)(F)C(O)F. The number of rotatable bonds is 1. The lowest BCUT2D eigenvalue weighted by Crippen LogP contribution is -2.26. The standard InChI is InChI=1S/C4H8F2O/c1-4(2,6)3(5)7/h3,7H,1-2H3. The number of aliphatic hydroxyl groups is 1. The molecule has 1 nitrogen and oxygen atoms in total. The van der Waals surface area contributed by atoms with Crippen LogP contribution in [0.5, 0.6) is 0 Å². The van der Waals surface area contributed by atoms with Gasteiger partial charge in [-0.15, -0.1) is 0 Å². The van der Waals surface area contributed by atoms with Crippen molar-refractivity contribution in [2.24, 2.45) is 0 Å². The van der Waals surface area contributed by atoms with Crippen LogP contribution in [0.25, 0.3) is 0 Å². The lowest BCUT2D eigenvalue weighted by atomic mass is 10.2. The molecule has 1 N–H and O–H groups in total. The van der Waals surface area contributed by atoms with Crippen LogP contribution in [-0.4, -0.2) is 17.1 Å². The van der Waals surface area contributed by atoms with Crippen LogP contribution in [0.3, 0.4) is 0 Å². The number of alkyl halides is 2. The summed E-state index contributed by atoms with van der Waals surface area (Å²) in [6.07, 6.45) is -2.37. The highest BCUT2D eigenvalue weighted by atomic mass is 19.2. The molecule has 0 saturated carbocycles. The minimum Gasteiger partial charge on any atom is -0.362 e. The Bertz CT molecular complexity index is 55.2. The van der Waals surface area contributed by atoms with Crippen molar-refractivity contribution in [2.75, 3.05) is 0 Å². The van der Waals surface area contributed by atoms with Gasteiger partial charge in [0.1, 0.15) is 0 Å². The van der Waals surface area contributed by atoms with Gasteiger partial charge >= 0.3 is 0 Å². The zero-order valence-electron chi connectivity index (χ0n) is 4.28. The summed E-state index contributed by atoms with van der Waals surface area (Å²) in [5.74, 6) is 0. The van der Waals surface area contributed by atoms with E-state index in [1.165, 1.54) is 0 Å². The smallest absolute Gasteiger partial charge is 0.230 e. The molecular weight excluding hydrogens is 102 g/mol. The van der Waals surface area contributed by atoms with Gasteiger partial charge in [0.25, 0.3) is 0 Å². The maximum atomic E-state index is 11.9. The highest BCUT2D eigenvalue weighted by Crippen LogP contribution is 2.13. The van der Waals surface area contributed by atoms with Gasteiger partial charge in [0, 0.05) is 0 Å². The van der Waals surface area contributed by atoms with Crippen molar-refractivity contribution >= 4 is 0 Å². The molecule has 0 bridgehead atoms. The van der Waals surface area contributed by atoms with Crippen molar-refractivity contribution in [3.05, 3.63) is 0 Å². The molecule has 1 unspecified atom stereocenters. The summed E-state index contributed by atoms with van der Waals surface area (Å²) < 4.78 is 23.3. The van der Waals surface area contributed by atoms with E-state index in [0.717, 1.165) is 13.8 Å². The first-order valence-electron chi connectivity index (χ1n) is 1.95. The third-order valence-corrected chi connectivity index (χ3v) is 0.566. The van der Waals surface area contributed by atoms with E-state index in [2.05, 4.69) is 0 Å². The summed E-state index contributed by atoms with van der Waals surface area (Å²) in [4.78, 5) is 0. The minimum atomic E-state index is -2.37. The highest BCUT2D eigenvalue weighted by Gasteiger charge is 2.25. The van der Waals surface area contributed by atoms with Gasteiger partial charge in [-0.2, -0.15) is 0 Å². The predicted octanol–water partition coefficient (Wildman–Crippen LogP) is 1.02. The van der Waals surface area contributed by atoms with Crippen LogP contribution >= 0.6 is 0 Å². The molecule has 44 valence electrons. The summed E-state index contributed by atoms with van der Waals surface area (Å²) in [5.41, 5.74) is -2.11. The Labute approximate surface area is 41.0 Å². The molecule has 0 saturated heterocycles. The first-order chi connectivity index (χ1) is 2.94. The molecule has 1 atom stereocenters. The van der Waals surface area contributed by atoms with Crippen molar-refractivity contribution in [2.45, 2.75) is 25.9 Å². The minimum absolute atomic E-state index is 0.970. The summed E-state index contributed by atoms with van der Waals surface area (Å²) in [5, 5.41) is 7.85. The van der Waals surface area contributed by atoms with Crippen LogP contribution < -0.4 is 0 Å². The number of aliphatic hydroxyl groups excluding tert-OH is 1. The molecule has 0 aliphatic carbocycles. The fraction of sp³-hybridized carbons (Fsp3) is 1.00. The van der Waals surface area contributed by atoms with Gasteiger partial charge in [0.2, 0.25) is 6.36 Å². The summed E-state index contributed by atoms with van der Waals surface area (Å²) >= 11 is 0. The van der Waals surface area contributed by atoms with E-state index in [4.69, 9.17) is 5.11 Å². The maximum Gasteiger partial charge on any atom is 0.230 e. The second-order valence-electron chi connectivity index (χ2n) is 1.90. The van der Waals surface area contributed by atoms with E-state index < -0.39 is 12.0 Å². The number of hydrogen-bond acceptors (Lipinski definition) is 1. The van der Waals surface area contributed by atoms with Crippen LogP contribution in [0, 0.1) is 0 Å². The Morgan fingerprint density at radius 3 is 1.71 bits per heavy atom. The predicted molar refractivity (Wildman–Crippen MR) is 22.3 cm³/mol. The van der Waals surface area contributed by atoms with Crippen LogP contribution in [0.2, 0.25) is 0 Å². The molecule has 0 aromatic carbocycles. The first-order valence-corrected chi connectivity index (χ1v) is 1.95. The second kappa shape index (κ2) is 1.74. The fourth-order valence-corrected chi connectivity index (χ4v) is 0. The number of hydrogen-bond donors (Lipinski definition) is 1. The van der Waals surface area contributed by atoms with Crippen LogP contribution in [0.4, 0.5) is 8.78 Å². The Morgan fingerprint density at radius 2 is 1.71 bits per heavy atom. The van der Waals surface area contributed by atoms with Gasteiger partial charge in [-0.25, -0.2) is 8.78 Å². The Kier molecular flexibility index (Phi) is 1.69. The highest BCUT2D eigenvalue weighted by molar-refractivity contribution is 4.66. The second-order valence-corrected chi connectivity index (χ2v) is 1.90. The Morgan fingerprint density at radius 1 is 1.57 bits per heavy atom. The molecule has 3 heteroatoms. The van der Waals surface area contributed by atoms with Crippen molar-refractivity contribution in [1.29, 1.82) is 0 Å². The van der Waals surface area contributed by atoms with E-state index in [1.807, 2.05) is 0 Å². The van der Waals surface area contributed by atoms with E-state index in [9.17, 15) is 8.78 Å². The zero-order valence-corrected chi connectivity index (χ0v) is 4.28. The van der Waals surface area contributed by atoms with Crippen molar-refractivity contribution in [3.63, 3.8) is 0 Å². The zero-order chi connectivity index (χ0) is 6.08. The third-order valence-electron chi connectivity index (χ3n) is 0.566. The van der Waals surface area contributed by atoms with Crippen LogP contribution in [-0.2, 0) is 0 Å². The van der Waals surface area contributed by atoms with Gasteiger partial charge in [-0.1, -0.05) is 0 Å². The van der Waals surface area contributed by atoms with E-state index >= 15 is 0 Å². The third kappa shape index (κ3) is 2.51. The maximum absolute atomic E-state index is 11.9. The van der Waals surface area contributed by atoms with E-state index in [1.54, 1.807) is 0 Å². The lowest BCUT2D eigenvalue weighted by molar-refractivity contribution is -0.0732.